The molecule has 1 heterocycles. The highest BCUT2D eigenvalue weighted by Gasteiger charge is 2.31. The highest BCUT2D eigenvalue weighted by atomic mass is 35.5. The van der Waals surface area contributed by atoms with Crippen LogP contribution in [0.3, 0.4) is 0 Å². The van der Waals surface area contributed by atoms with Crippen LogP contribution in [0, 0.1) is 0 Å². The van der Waals surface area contributed by atoms with Gasteiger partial charge in [-0.05, 0) is 36.4 Å². The standard InChI is InChI=1S/C17H10Cl2F3N3O/c18-11-3-1-2-9(6-11)13-8-15(25-24-13)16(26)23-14-7-10(17(20,21)22)4-5-12(14)19/h1-8H,(H,23,26)(H,24,25). The van der Waals surface area contributed by atoms with Crippen LogP contribution in [-0.4, -0.2) is 16.1 Å². The number of carbonyl (C=O) groups excluding carboxylic acids is 1. The van der Waals surface area contributed by atoms with Gasteiger partial charge in [-0.15, -0.1) is 0 Å². The van der Waals surface area contributed by atoms with Crippen LogP contribution in [0.5, 0.6) is 0 Å². The van der Waals surface area contributed by atoms with Crippen molar-refractivity contribution in [3.63, 3.8) is 0 Å². The minimum atomic E-state index is -4.54. The van der Waals surface area contributed by atoms with Crippen molar-refractivity contribution in [3.05, 3.63) is 69.8 Å². The van der Waals surface area contributed by atoms with Gasteiger partial charge in [0.05, 0.1) is 22.0 Å². The van der Waals surface area contributed by atoms with E-state index in [1.807, 2.05) is 0 Å². The van der Waals surface area contributed by atoms with E-state index in [-0.39, 0.29) is 16.4 Å². The van der Waals surface area contributed by atoms with E-state index in [1.54, 1.807) is 24.3 Å². The van der Waals surface area contributed by atoms with E-state index >= 15 is 0 Å². The normalized spacial score (nSPS) is 11.4. The van der Waals surface area contributed by atoms with E-state index in [0.717, 1.165) is 18.2 Å². The summed E-state index contributed by atoms with van der Waals surface area (Å²) in [7, 11) is 0. The third kappa shape index (κ3) is 4.00. The number of carbonyl (C=O) groups is 1. The van der Waals surface area contributed by atoms with Crippen LogP contribution in [-0.2, 0) is 6.18 Å². The van der Waals surface area contributed by atoms with E-state index in [1.165, 1.54) is 6.07 Å². The summed E-state index contributed by atoms with van der Waals surface area (Å²) in [6.07, 6.45) is -4.54. The lowest BCUT2D eigenvalue weighted by molar-refractivity contribution is -0.137. The fourth-order valence-corrected chi connectivity index (χ4v) is 2.58. The minimum Gasteiger partial charge on any atom is -0.319 e. The van der Waals surface area contributed by atoms with Gasteiger partial charge in [0.1, 0.15) is 5.69 Å². The first kappa shape index (κ1) is 18.3. The predicted molar refractivity (Wildman–Crippen MR) is 93.4 cm³/mol. The lowest BCUT2D eigenvalue weighted by atomic mass is 10.1. The second-order valence-electron chi connectivity index (χ2n) is 5.32. The lowest BCUT2D eigenvalue weighted by Gasteiger charge is -2.11. The first-order valence-electron chi connectivity index (χ1n) is 7.23. The van der Waals surface area contributed by atoms with E-state index < -0.39 is 17.6 Å². The summed E-state index contributed by atoms with van der Waals surface area (Å²) < 4.78 is 38.4. The molecule has 9 heteroatoms. The number of halogens is 5. The van der Waals surface area contributed by atoms with Crippen molar-refractivity contribution in [1.29, 1.82) is 0 Å². The van der Waals surface area contributed by atoms with Crippen LogP contribution in [0.2, 0.25) is 10.0 Å². The van der Waals surface area contributed by atoms with Gasteiger partial charge in [-0.1, -0.05) is 35.3 Å². The fourth-order valence-electron chi connectivity index (χ4n) is 2.22. The average molecular weight is 400 g/mol. The fraction of sp³-hybridized carbons (Fsp3) is 0.0588. The zero-order chi connectivity index (χ0) is 18.9. The Balaban J connectivity index is 1.83. The van der Waals surface area contributed by atoms with Crippen molar-refractivity contribution in [2.75, 3.05) is 5.32 Å². The summed E-state index contributed by atoms with van der Waals surface area (Å²) in [6.45, 7) is 0. The van der Waals surface area contributed by atoms with Gasteiger partial charge in [-0.3, -0.25) is 9.89 Å². The average Bonchev–Trinajstić information content (AvgIpc) is 3.06. The van der Waals surface area contributed by atoms with Crippen LogP contribution in [0.15, 0.2) is 48.5 Å². The molecule has 4 nitrogen and oxygen atoms in total. The van der Waals surface area contributed by atoms with E-state index in [0.29, 0.717) is 16.3 Å². The number of aromatic amines is 1. The molecule has 0 aliphatic heterocycles. The zero-order valence-electron chi connectivity index (χ0n) is 12.9. The zero-order valence-corrected chi connectivity index (χ0v) is 14.4. The van der Waals surface area contributed by atoms with E-state index in [2.05, 4.69) is 15.5 Å². The number of hydrogen-bond donors (Lipinski definition) is 2. The number of rotatable bonds is 3. The van der Waals surface area contributed by atoms with Crippen molar-refractivity contribution in [3.8, 4) is 11.3 Å². The number of nitrogens with one attached hydrogen (secondary N) is 2. The van der Waals surface area contributed by atoms with Gasteiger partial charge in [0.15, 0.2) is 0 Å². The summed E-state index contributed by atoms with van der Waals surface area (Å²) in [6, 6.07) is 11.0. The van der Waals surface area contributed by atoms with Gasteiger partial charge < -0.3 is 5.32 Å². The molecule has 0 saturated carbocycles. The molecular formula is C17H10Cl2F3N3O. The number of anilines is 1. The third-order valence-electron chi connectivity index (χ3n) is 3.48. The third-order valence-corrected chi connectivity index (χ3v) is 4.05. The van der Waals surface area contributed by atoms with Gasteiger partial charge in [0.2, 0.25) is 0 Å². The summed E-state index contributed by atoms with van der Waals surface area (Å²) in [5.41, 5.74) is 0.151. The monoisotopic (exact) mass is 399 g/mol. The molecule has 0 spiro atoms. The molecule has 0 bridgehead atoms. The number of benzene rings is 2. The molecule has 2 N–H and O–H groups in total. The maximum atomic E-state index is 12.8. The Morgan fingerprint density at radius 2 is 1.85 bits per heavy atom. The summed E-state index contributed by atoms with van der Waals surface area (Å²) >= 11 is 11.8. The highest BCUT2D eigenvalue weighted by molar-refractivity contribution is 6.34. The van der Waals surface area contributed by atoms with Crippen LogP contribution in [0.25, 0.3) is 11.3 Å². The molecule has 0 aliphatic carbocycles. The first-order chi connectivity index (χ1) is 12.2. The second kappa shape index (κ2) is 7.01. The van der Waals surface area contributed by atoms with Crippen molar-refractivity contribution in [2.45, 2.75) is 6.18 Å². The summed E-state index contributed by atoms with van der Waals surface area (Å²) in [4.78, 5) is 12.3. The molecule has 3 rings (SSSR count). The molecule has 3 aromatic rings. The lowest BCUT2D eigenvalue weighted by Crippen LogP contribution is -2.14. The van der Waals surface area contributed by atoms with Crippen LogP contribution in [0.4, 0.5) is 18.9 Å². The molecule has 1 aromatic heterocycles. The molecule has 0 radical (unpaired) electrons. The largest absolute Gasteiger partial charge is 0.416 e. The summed E-state index contributed by atoms with van der Waals surface area (Å²) in [5, 5.41) is 9.39. The Labute approximate surface area is 155 Å². The number of nitrogens with zero attached hydrogens (tertiary/aromatic N) is 1. The van der Waals surface area contributed by atoms with Gasteiger partial charge in [0.25, 0.3) is 5.91 Å². The number of amides is 1. The molecule has 2 aromatic carbocycles. The van der Waals surface area contributed by atoms with E-state index in [9.17, 15) is 18.0 Å². The Kier molecular flexibility index (Phi) is 4.93. The van der Waals surface area contributed by atoms with Crippen LogP contribution < -0.4 is 5.32 Å². The molecule has 0 fully saturated rings. The Hall–Kier alpha value is -2.51. The van der Waals surface area contributed by atoms with Gasteiger partial charge in [-0.2, -0.15) is 18.3 Å². The van der Waals surface area contributed by atoms with Crippen LogP contribution >= 0.6 is 23.2 Å². The van der Waals surface area contributed by atoms with Crippen molar-refractivity contribution in [1.82, 2.24) is 10.2 Å². The molecule has 1 amide bonds. The molecule has 0 saturated heterocycles. The van der Waals surface area contributed by atoms with Crippen molar-refractivity contribution >= 4 is 34.8 Å². The van der Waals surface area contributed by atoms with Gasteiger partial charge in [-0.25, -0.2) is 0 Å². The van der Waals surface area contributed by atoms with Gasteiger partial charge >= 0.3 is 6.18 Å². The maximum absolute atomic E-state index is 12.8. The molecule has 0 atom stereocenters. The van der Waals surface area contributed by atoms with E-state index in [4.69, 9.17) is 23.2 Å². The van der Waals surface area contributed by atoms with Crippen molar-refractivity contribution in [2.24, 2.45) is 0 Å². The van der Waals surface area contributed by atoms with Crippen molar-refractivity contribution < 1.29 is 18.0 Å². The highest BCUT2D eigenvalue weighted by Crippen LogP contribution is 2.34. The number of hydrogen-bond acceptors (Lipinski definition) is 2. The predicted octanol–water partition coefficient (Wildman–Crippen LogP) is 5.65. The maximum Gasteiger partial charge on any atom is 0.416 e. The SMILES string of the molecule is O=C(Nc1cc(C(F)(F)F)ccc1Cl)c1cc(-c2cccc(Cl)c2)n[nH]1. The molecule has 134 valence electrons. The minimum absolute atomic E-state index is 0.0130. The van der Waals surface area contributed by atoms with Crippen LogP contribution in [0.1, 0.15) is 16.1 Å². The molecule has 26 heavy (non-hydrogen) atoms. The molecular weight excluding hydrogens is 390 g/mol. The number of alkyl halides is 3. The van der Waals surface area contributed by atoms with Gasteiger partial charge in [0, 0.05) is 10.6 Å². The topological polar surface area (TPSA) is 57.8 Å². The smallest absolute Gasteiger partial charge is 0.319 e. The summed E-state index contributed by atoms with van der Waals surface area (Å²) in [5.74, 6) is -0.674. The first-order valence-corrected chi connectivity index (χ1v) is 7.99. The molecule has 0 unspecified atom stereocenters. The Bertz CT molecular complexity index is 970. The number of H-pyrrole nitrogens is 1. The Morgan fingerprint density at radius 1 is 1.08 bits per heavy atom. The molecule has 0 aliphatic rings. The number of aromatic nitrogens is 2. The Morgan fingerprint density at radius 3 is 2.54 bits per heavy atom. The quantitative estimate of drug-likeness (QED) is 0.597. The second-order valence-corrected chi connectivity index (χ2v) is 6.17.